The van der Waals surface area contributed by atoms with Crippen LogP contribution in [-0.2, 0) is 11.3 Å². The van der Waals surface area contributed by atoms with Crippen molar-refractivity contribution in [2.75, 3.05) is 27.3 Å². The first-order chi connectivity index (χ1) is 15.9. The van der Waals surface area contributed by atoms with Gasteiger partial charge >= 0.3 is 0 Å². The Kier molecular flexibility index (Phi) is 7.60. The number of rotatable bonds is 8. The summed E-state index contributed by atoms with van der Waals surface area (Å²) in [4.78, 5) is 15.0. The molecule has 2 fully saturated rings. The molecule has 2 aromatic carbocycles. The molecule has 1 aliphatic heterocycles. The smallest absolute Gasteiger partial charge is 0.223 e. The van der Waals surface area contributed by atoms with Crippen LogP contribution in [0, 0.1) is 11.7 Å². The molecule has 0 spiro atoms. The predicted molar refractivity (Wildman–Crippen MR) is 125 cm³/mol. The van der Waals surface area contributed by atoms with Gasteiger partial charge in [-0.25, -0.2) is 4.39 Å². The summed E-state index contributed by atoms with van der Waals surface area (Å²) < 4.78 is 29.8. The van der Waals surface area contributed by atoms with Crippen molar-refractivity contribution in [2.24, 2.45) is 5.92 Å². The van der Waals surface area contributed by atoms with E-state index in [0.717, 1.165) is 38.0 Å². The minimum atomic E-state index is -0.374. The van der Waals surface area contributed by atoms with Gasteiger partial charge in [-0.05, 0) is 55.5 Å². The number of benzene rings is 2. The quantitative estimate of drug-likeness (QED) is 0.610. The van der Waals surface area contributed by atoms with Crippen LogP contribution in [0.25, 0.3) is 0 Å². The van der Waals surface area contributed by atoms with Crippen LogP contribution >= 0.6 is 11.6 Å². The highest BCUT2D eigenvalue weighted by molar-refractivity contribution is 6.32. The SMILES string of the molecule is COc1ccc(CN2CCC(NC(=O)[C@H]3C[C@H](Oc4cc(F)ccc4OC)C3)CC2)cc1Cl. The lowest BCUT2D eigenvalue weighted by Crippen LogP contribution is -2.49. The largest absolute Gasteiger partial charge is 0.495 e. The number of nitrogens with one attached hydrogen (secondary N) is 1. The third kappa shape index (κ3) is 5.89. The number of likely N-dealkylation sites (tertiary alicyclic amines) is 1. The van der Waals surface area contributed by atoms with Crippen LogP contribution in [0.2, 0.25) is 5.02 Å². The third-order valence-corrected chi connectivity index (χ3v) is 6.74. The van der Waals surface area contributed by atoms with Crippen LogP contribution in [0.5, 0.6) is 17.2 Å². The van der Waals surface area contributed by atoms with Gasteiger partial charge in [0.05, 0.1) is 19.2 Å². The van der Waals surface area contributed by atoms with E-state index in [-0.39, 0.29) is 29.8 Å². The zero-order valence-corrected chi connectivity index (χ0v) is 19.7. The van der Waals surface area contributed by atoms with E-state index in [1.807, 2.05) is 18.2 Å². The molecule has 6 nitrogen and oxygen atoms in total. The average Bonchev–Trinajstić information content (AvgIpc) is 2.77. The molecule has 8 heteroatoms. The van der Waals surface area contributed by atoms with Gasteiger partial charge in [-0.3, -0.25) is 9.69 Å². The van der Waals surface area contributed by atoms with E-state index in [4.69, 9.17) is 25.8 Å². The zero-order valence-electron chi connectivity index (χ0n) is 19.0. The van der Waals surface area contributed by atoms with E-state index in [9.17, 15) is 9.18 Å². The molecule has 0 aromatic heterocycles. The molecule has 33 heavy (non-hydrogen) atoms. The molecule has 0 unspecified atom stereocenters. The fourth-order valence-corrected chi connectivity index (χ4v) is 4.70. The number of nitrogens with zero attached hydrogens (tertiary/aromatic N) is 1. The second-order valence-corrected chi connectivity index (χ2v) is 9.14. The second-order valence-electron chi connectivity index (χ2n) is 8.73. The lowest BCUT2D eigenvalue weighted by atomic mass is 9.81. The van der Waals surface area contributed by atoms with E-state index in [1.165, 1.54) is 19.2 Å². The maximum Gasteiger partial charge on any atom is 0.223 e. The summed E-state index contributed by atoms with van der Waals surface area (Å²) in [7, 11) is 3.13. The predicted octanol–water partition coefficient (Wildman–Crippen LogP) is 4.43. The van der Waals surface area contributed by atoms with Gasteiger partial charge in [-0.15, -0.1) is 0 Å². The molecule has 1 heterocycles. The molecule has 0 radical (unpaired) electrons. The van der Waals surface area contributed by atoms with E-state index >= 15 is 0 Å². The van der Waals surface area contributed by atoms with Crippen molar-refractivity contribution in [3.05, 3.63) is 52.8 Å². The number of hydrogen-bond donors (Lipinski definition) is 1. The van der Waals surface area contributed by atoms with Gasteiger partial charge in [-0.1, -0.05) is 17.7 Å². The van der Waals surface area contributed by atoms with E-state index in [2.05, 4.69) is 10.2 Å². The van der Waals surface area contributed by atoms with Crippen LogP contribution in [0.4, 0.5) is 4.39 Å². The first kappa shape index (κ1) is 23.6. The molecule has 1 aliphatic carbocycles. The Hall–Kier alpha value is -2.51. The number of piperidine rings is 1. The first-order valence-electron chi connectivity index (χ1n) is 11.3. The maximum atomic E-state index is 13.5. The normalized spacial score (nSPS) is 21.2. The van der Waals surface area contributed by atoms with Crippen LogP contribution in [0.15, 0.2) is 36.4 Å². The number of carbonyl (C=O) groups excluding carboxylic acids is 1. The molecule has 1 amide bonds. The first-order valence-corrected chi connectivity index (χ1v) is 11.7. The number of carbonyl (C=O) groups is 1. The number of methoxy groups -OCH3 is 2. The van der Waals surface area contributed by atoms with E-state index < -0.39 is 0 Å². The Bertz CT molecular complexity index is 975. The van der Waals surface area contributed by atoms with Gasteiger partial charge in [0, 0.05) is 37.7 Å². The van der Waals surface area contributed by atoms with Gasteiger partial charge in [0.15, 0.2) is 11.5 Å². The molecular formula is C25H30ClFN2O4. The van der Waals surface area contributed by atoms with Crippen LogP contribution < -0.4 is 19.5 Å². The number of ether oxygens (including phenoxy) is 3. The van der Waals surface area contributed by atoms with Crippen molar-refractivity contribution in [1.82, 2.24) is 10.2 Å². The van der Waals surface area contributed by atoms with E-state index in [0.29, 0.717) is 35.1 Å². The molecule has 1 N–H and O–H groups in total. The highest BCUT2D eigenvalue weighted by atomic mass is 35.5. The summed E-state index contributed by atoms with van der Waals surface area (Å²) in [6.45, 7) is 2.67. The maximum absolute atomic E-state index is 13.5. The molecule has 4 rings (SSSR count). The van der Waals surface area contributed by atoms with Crippen LogP contribution in [0.3, 0.4) is 0 Å². The summed E-state index contributed by atoms with van der Waals surface area (Å²) in [5, 5.41) is 3.82. The second kappa shape index (κ2) is 10.6. The Balaban J connectivity index is 1.18. The highest BCUT2D eigenvalue weighted by Crippen LogP contribution is 2.36. The Morgan fingerprint density at radius 3 is 2.42 bits per heavy atom. The summed E-state index contributed by atoms with van der Waals surface area (Å²) >= 11 is 6.23. The van der Waals surface area contributed by atoms with Crippen LogP contribution in [-0.4, -0.2) is 50.3 Å². The van der Waals surface area contributed by atoms with E-state index in [1.54, 1.807) is 13.2 Å². The Labute approximate surface area is 199 Å². The molecule has 0 atom stereocenters. The molecule has 0 bridgehead atoms. The standard InChI is InChI=1S/C25H30ClFN2O4/c1-31-22-5-3-16(11-21(22)26)15-29-9-7-19(8-10-29)28-25(30)17-12-20(13-17)33-24-14-18(27)4-6-23(24)32-2/h3-6,11,14,17,19-20H,7-10,12-13,15H2,1-2H3,(H,28,30)/t17-,20-. The number of halogens is 2. The summed E-state index contributed by atoms with van der Waals surface area (Å²) in [5.41, 5.74) is 1.15. The molecule has 1 saturated heterocycles. The average molecular weight is 477 g/mol. The Morgan fingerprint density at radius 2 is 1.76 bits per heavy atom. The third-order valence-electron chi connectivity index (χ3n) is 6.44. The lowest BCUT2D eigenvalue weighted by Gasteiger charge is -2.37. The molecular weight excluding hydrogens is 447 g/mol. The molecule has 1 saturated carbocycles. The number of amides is 1. The van der Waals surface area contributed by atoms with Crippen LogP contribution in [0.1, 0.15) is 31.2 Å². The van der Waals surface area contributed by atoms with Gasteiger partial charge in [0.1, 0.15) is 17.7 Å². The fourth-order valence-electron chi connectivity index (χ4n) is 4.42. The summed E-state index contributed by atoms with van der Waals surface area (Å²) in [6.07, 6.45) is 2.99. The summed E-state index contributed by atoms with van der Waals surface area (Å²) in [5.74, 6) is 1.21. The zero-order chi connectivity index (χ0) is 23.4. The highest BCUT2D eigenvalue weighted by Gasteiger charge is 2.37. The topological polar surface area (TPSA) is 60.0 Å². The van der Waals surface area contributed by atoms with Gasteiger partial charge in [0.2, 0.25) is 5.91 Å². The van der Waals surface area contributed by atoms with Crippen molar-refractivity contribution in [2.45, 2.75) is 44.4 Å². The summed E-state index contributed by atoms with van der Waals surface area (Å²) in [6, 6.07) is 10.3. The van der Waals surface area contributed by atoms with Gasteiger partial charge in [0.25, 0.3) is 0 Å². The number of hydrogen-bond acceptors (Lipinski definition) is 5. The van der Waals surface area contributed by atoms with Crippen molar-refractivity contribution in [3.63, 3.8) is 0 Å². The monoisotopic (exact) mass is 476 g/mol. The van der Waals surface area contributed by atoms with Gasteiger partial charge < -0.3 is 19.5 Å². The molecule has 178 valence electrons. The Morgan fingerprint density at radius 1 is 1.06 bits per heavy atom. The van der Waals surface area contributed by atoms with Gasteiger partial charge in [-0.2, -0.15) is 0 Å². The fraction of sp³-hybridized carbons (Fsp3) is 0.480. The molecule has 2 aromatic rings. The van der Waals surface area contributed by atoms with Crippen molar-refractivity contribution >= 4 is 17.5 Å². The van der Waals surface area contributed by atoms with Crippen molar-refractivity contribution in [1.29, 1.82) is 0 Å². The minimum absolute atomic E-state index is 0.0611. The van der Waals surface area contributed by atoms with Crippen molar-refractivity contribution < 1.29 is 23.4 Å². The van der Waals surface area contributed by atoms with Crippen molar-refractivity contribution in [3.8, 4) is 17.2 Å². The lowest BCUT2D eigenvalue weighted by molar-refractivity contribution is -0.131. The molecule has 2 aliphatic rings. The minimum Gasteiger partial charge on any atom is -0.495 e.